The minimum atomic E-state index is -0.892. The van der Waals surface area contributed by atoms with Crippen molar-refractivity contribution in [2.45, 2.75) is 19.9 Å². The molecule has 2 rings (SSSR count). The van der Waals surface area contributed by atoms with Gasteiger partial charge in [0, 0.05) is 18.2 Å². The van der Waals surface area contributed by atoms with Crippen LogP contribution in [0.3, 0.4) is 0 Å². The van der Waals surface area contributed by atoms with Gasteiger partial charge in [-0.05, 0) is 12.1 Å². The summed E-state index contributed by atoms with van der Waals surface area (Å²) in [5.41, 5.74) is 2.11. The Morgan fingerprint density at radius 2 is 2.20 bits per heavy atom. The van der Waals surface area contributed by atoms with Crippen LogP contribution in [0.25, 0.3) is 11.3 Å². The van der Waals surface area contributed by atoms with Gasteiger partial charge in [0.15, 0.2) is 0 Å². The molecular formula is C13H14N4O3. The Kier molecular flexibility index (Phi) is 4.09. The Morgan fingerprint density at radius 3 is 2.90 bits per heavy atom. The fourth-order valence-electron chi connectivity index (χ4n) is 1.69. The summed E-state index contributed by atoms with van der Waals surface area (Å²) in [6, 6.07) is 7.21. The second-order valence-electron chi connectivity index (χ2n) is 4.23. The first-order valence-corrected chi connectivity index (χ1v) is 6.04. The molecule has 1 aromatic heterocycles. The fraction of sp³-hybridized carbons (Fsp3) is 0.231. The van der Waals surface area contributed by atoms with Gasteiger partial charge in [0.1, 0.15) is 5.69 Å². The number of carbonyl (C=O) groups is 2. The smallest absolute Gasteiger partial charge is 0.305 e. The number of benzene rings is 1. The van der Waals surface area contributed by atoms with Gasteiger partial charge in [-0.3, -0.25) is 9.59 Å². The number of hydrogen-bond donors (Lipinski definition) is 2. The zero-order valence-corrected chi connectivity index (χ0v) is 10.9. The van der Waals surface area contributed by atoms with Gasteiger partial charge in [-0.25, -0.2) is 0 Å². The molecule has 2 aromatic rings. The van der Waals surface area contributed by atoms with Crippen molar-refractivity contribution >= 4 is 17.6 Å². The number of nitrogens with one attached hydrogen (secondary N) is 1. The number of anilines is 1. The number of nitrogens with zero attached hydrogens (tertiary/aromatic N) is 3. The Labute approximate surface area is 115 Å². The van der Waals surface area contributed by atoms with Crippen molar-refractivity contribution < 1.29 is 14.7 Å². The van der Waals surface area contributed by atoms with E-state index in [9.17, 15) is 9.59 Å². The Bertz CT molecular complexity index is 636. The molecule has 2 N–H and O–H groups in total. The summed E-state index contributed by atoms with van der Waals surface area (Å²) in [6.45, 7) is 1.66. The van der Waals surface area contributed by atoms with E-state index >= 15 is 0 Å². The van der Waals surface area contributed by atoms with Crippen LogP contribution < -0.4 is 5.32 Å². The van der Waals surface area contributed by atoms with Crippen molar-refractivity contribution in [1.82, 2.24) is 15.0 Å². The number of carboxylic acids is 1. The van der Waals surface area contributed by atoms with Gasteiger partial charge < -0.3 is 10.4 Å². The van der Waals surface area contributed by atoms with Crippen LogP contribution in [-0.2, 0) is 16.1 Å². The number of aliphatic carboxylic acids is 1. The molecule has 0 bridgehead atoms. The molecule has 7 heteroatoms. The molecule has 0 fully saturated rings. The highest BCUT2D eigenvalue weighted by molar-refractivity contribution is 5.89. The van der Waals surface area contributed by atoms with E-state index < -0.39 is 5.97 Å². The minimum absolute atomic E-state index is 0.0277. The van der Waals surface area contributed by atoms with Crippen molar-refractivity contribution in [2.24, 2.45) is 0 Å². The van der Waals surface area contributed by atoms with E-state index in [1.807, 2.05) is 6.07 Å². The van der Waals surface area contributed by atoms with Crippen LogP contribution in [0.4, 0.5) is 5.69 Å². The maximum absolute atomic E-state index is 11.0. The number of carbonyl (C=O) groups excluding carboxylic acids is 1. The number of hydrogen-bond acceptors (Lipinski definition) is 4. The molecule has 1 heterocycles. The van der Waals surface area contributed by atoms with E-state index in [1.54, 1.807) is 24.4 Å². The molecule has 0 aliphatic heterocycles. The Hall–Kier alpha value is -2.70. The van der Waals surface area contributed by atoms with Gasteiger partial charge in [0.25, 0.3) is 0 Å². The third-order valence-corrected chi connectivity index (χ3v) is 2.54. The molecule has 0 saturated carbocycles. The third-order valence-electron chi connectivity index (χ3n) is 2.54. The fourth-order valence-corrected chi connectivity index (χ4v) is 1.69. The molecule has 0 atom stereocenters. The van der Waals surface area contributed by atoms with Gasteiger partial charge in [0.2, 0.25) is 5.91 Å². The van der Waals surface area contributed by atoms with E-state index in [4.69, 9.17) is 5.11 Å². The van der Waals surface area contributed by atoms with Crippen LogP contribution in [0.15, 0.2) is 30.5 Å². The zero-order chi connectivity index (χ0) is 14.5. The summed E-state index contributed by atoms with van der Waals surface area (Å²) in [6.07, 6.45) is 1.54. The van der Waals surface area contributed by atoms with Crippen LogP contribution in [0.1, 0.15) is 13.3 Å². The summed E-state index contributed by atoms with van der Waals surface area (Å²) in [5, 5.41) is 19.5. The topological polar surface area (TPSA) is 97.1 Å². The lowest BCUT2D eigenvalue weighted by Crippen LogP contribution is -2.07. The Morgan fingerprint density at radius 1 is 1.40 bits per heavy atom. The van der Waals surface area contributed by atoms with Crippen molar-refractivity contribution in [1.29, 1.82) is 0 Å². The number of aromatic nitrogens is 3. The van der Waals surface area contributed by atoms with E-state index in [0.29, 0.717) is 11.4 Å². The van der Waals surface area contributed by atoms with E-state index in [0.717, 1.165) is 5.56 Å². The summed E-state index contributed by atoms with van der Waals surface area (Å²) < 4.78 is 0. The SMILES string of the molecule is CC(=O)Nc1cccc(-c2cnn(CCC(=O)O)n2)c1. The van der Waals surface area contributed by atoms with E-state index in [1.165, 1.54) is 11.7 Å². The molecule has 0 aliphatic carbocycles. The molecule has 104 valence electrons. The van der Waals surface area contributed by atoms with Crippen molar-refractivity contribution in [3.8, 4) is 11.3 Å². The average Bonchev–Trinajstić information content (AvgIpc) is 2.84. The van der Waals surface area contributed by atoms with Crippen LogP contribution >= 0.6 is 0 Å². The number of carboxylic acid groups (broad SMARTS) is 1. The molecule has 1 amide bonds. The Balaban J connectivity index is 2.15. The number of rotatable bonds is 5. The van der Waals surface area contributed by atoms with Crippen molar-refractivity contribution in [3.05, 3.63) is 30.5 Å². The average molecular weight is 274 g/mol. The first-order valence-electron chi connectivity index (χ1n) is 6.04. The molecular weight excluding hydrogens is 260 g/mol. The van der Waals surface area contributed by atoms with E-state index in [-0.39, 0.29) is 18.9 Å². The van der Waals surface area contributed by atoms with Crippen molar-refractivity contribution in [2.75, 3.05) is 5.32 Å². The predicted molar refractivity (Wildman–Crippen MR) is 72.0 cm³/mol. The zero-order valence-electron chi connectivity index (χ0n) is 10.9. The number of amides is 1. The van der Waals surface area contributed by atoms with Crippen LogP contribution in [0.5, 0.6) is 0 Å². The van der Waals surface area contributed by atoms with Crippen molar-refractivity contribution in [3.63, 3.8) is 0 Å². The molecule has 0 saturated heterocycles. The maximum atomic E-state index is 11.0. The van der Waals surface area contributed by atoms with Crippen LogP contribution in [0, 0.1) is 0 Å². The molecule has 0 unspecified atom stereocenters. The standard InChI is InChI=1S/C13H14N4O3/c1-9(18)15-11-4-2-3-10(7-11)12-8-14-17(16-12)6-5-13(19)20/h2-4,7-8H,5-6H2,1H3,(H,15,18)(H,19,20). The van der Waals surface area contributed by atoms with E-state index in [2.05, 4.69) is 15.5 Å². The lowest BCUT2D eigenvalue weighted by Gasteiger charge is -2.03. The van der Waals surface area contributed by atoms with Crippen LogP contribution in [0.2, 0.25) is 0 Å². The summed E-state index contributed by atoms with van der Waals surface area (Å²) >= 11 is 0. The van der Waals surface area contributed by atoms with Gasteiger partial charge in [0.05, 0.1) is 19.2 Å². The predicted octanol–water partition coefficient (Wildman–Crippen LogP) is 1.38. The lowest BCUT2D eigenvalue weighted by atomic mass is 10.1. The normalized spacial score (nSPS) is 10.2. The monoisotopic (exact) mass is 274 g/mol. The second-order valence-corrected chi connectivity index (χ2v) is 4.23. The second kappa shape index (κ2) is 5.96. The lowest BCUT2D eigenvalue weighted by molar-refractivity contribution is -0.137. The number of aryl methyl sites for hydroxylation is 1. The van der Waals surface area contributed by atoms with Crippen LogP contribution in [-0.4, -0.2) is 32.0 Å². The summed E-state index contributed by atoms with van der Waals surface area (Å²) in [7, 11) is 0. The molecule has 20 heavy (non-hydrogen) atoms. The van der Waals surface area contributed by atoms with Gasteiger partial charge in [-0.15, -0.1) is 0 Å². The summed E-state index contributed by atoms with van der Waals surface area (Å²) in [4.78, 5) is 22.8. The molecule has 0 spiro atoms. The molecule has 0 radical (unpaired) electrons. The molecule has 0 aliphatic rings. The highest BCUT2D eigenvalue weighted by Crippen LogP contribution is 2.20. The molecule has 1 aromatic carbocycles. The first-order chi connectivity index (χ1) is 9.54. The van der Waals surface area contributed by atoms with Gasteiger partial charge >= 0.3 is 5.97 Å². The first kappa shape index (κ1) is 13.7. The van der Waals surface area contributed by atoms with Gasteiger partial charge in [-0.1, -0.05) is 12.1 Å². The largest absolute Gasteiger partial charge is 0.481 e. The molecule has 7 nitrogen and oxygen atoms in total. The van der Waals surface area contributed by atoms with Gasteiger partial charge in [-0.2, -0.15) is 15.0 Å². The highest BCUT2D eigenvalue weighted by Gasteiger charge is 2.06. The quantitative estimate of drug-likeness (QED) is 0.858. The minimum Gasteiger partial charge on any atom is -0.481 e. The maximum Gasteiger partial charge on any atom is 0.305 e. The summed E-state index contributed by atoms with van der Waals surface area (Å²) in [5.74, 6) is -1.04. The third kappa shape index (κ3) is 3.64. The highest BCUT2D eigenvalue weighted by atomic mass is 16.4.